The van der Waals surface area contributed by atoms with Gasteiger partial charge in [0, 0.05) is 5.39 Å². The zero-order valence-corrected chi connectivity index (χ0v) is 16.5. The van der Waals surface area contributed by atoms with Crippen molar-refractivity contribution in [2.45, 2.75) is 4.90 Å². The minimum absolute atomic E-state index is 0.0639. The number of nitrogens with one attached hydrogen (secondary N) is 1. The van der Waals surface area contributed by atoms with Gasteiger partial charge in [0.05, 0.1) is 10.6 Å². The molecule has 1 aromatic heterocycles. The van der Waals surface area contributed by atoms with E-state index >= 15 is 0 Å². The molecule has 0 bridgehead atoms. The van der Waals surface area contributed by atoms with Crippen molar-refractivity contribution in [3.63, 3.8) is 0 Å². The summed E-state index contributed by atoms with van der Waals surface area (Å²) < 4.78 is 65.9. The first kappa shape index (κ1) is 20.4. The molecule has 0 aliphatic rings. The molecule has 3 aromatic rings. The van der Waals surface area contributed by atoms with E-state index in [4.69, 9.17) is 23.2 Å². The second-order valence-corrected chi connectivity index (χ2v) is 8.54. The zero-order chi connectivity index (χ0) is 20.7. The number of nitrogens with zero attached hydrogens (tertiary/aromatic N) is 4. The Bertz CT molecular complexity index is 1270. The molecule has 0 saturated carbocycles. The van der Waals surface area contributed by atoms with Crippen LogP contribution < -0.4 is 9.84 Å². The van der Waals surface area contributed by atoms with Gasteiger partial charge in [-0.15, -0.1) is 0 Å². The SMILES string of the molecule is O=S(=O)(O)c1ccc2cccc(N(Nc3nc(Cl)nc(Cl)n3)S(=O)(=O)O)c2c1. The number of aromatic nitrogens is 3. The number of hydrogen-bond acceptors (Lipinski definition) is 8. The molecule has 1 heterocycles. The highest BCUT2D eigenvalue weighted by Gasteiger charge is 2.24. The molecule has 11 nitrogen and oxygen atoms in total. The summed E-state index contributed by atoms with van der Waals surface area (Å²) in [5.74, 6) is -0.412. The highest BCUT2D eigenvalue weighted by molar-refractivity contribution is 7.87. The zero-order valence-electron chi connectivity index (χ0n) is 13.4. The third-order valence-electron chi connectivity index (χ3n) is 3.36. The van der Waals surface area contributed by atoms with Crippen LogP contribution in [0.25, 0.3) is 10.8 Å². The Morgan fingerprint density at radius 1 is 0.929 bits per heavy atom. The van der Waals surface area contributed by atoms with E-state index in [1.54, 1.807) is 6.07 Å². The molecule has 0 unspecified atom stereocenters. The Kier molecular flexibility index (Phi) is 5.31. The van der Waals surface area contributed by atoms with Gasteiger partial charge in [-0.25, -0.2) is 5.43 Å². The molecule has 0 saturated heterocycles. The van der Waals surface area contributed by atoms with Crippen LogP contribution >= 0.6 is 23.2 Å². The Balaban J connectivity index is 2.22. The summed E-state index contributed by atoms with van der Waals surface area (Å²) in [6, 6.07) is 7.80. The molecule has 3 rings (SSSR count). The first-order valence-electron chi connectivity index (χ1n) is 7.07. The predicted molar refractivity (Wildman–Crippen MR) is 101 cm³/mol. The van der Waals surface area contributed by atoms with Crippen LogP contribution in [0.2, 0.25) is 10.6 Å². The van der Waals surface area contributed by atoms with Crippen molar-refractivity contribution < 1.29 is 25.9 Å². The second-order valence-electron chi connectivity index (χ2n) is 5.19. The lowest BCUT2D eigenvalue weighted by atomic mass is 10.1. The Morgan fingerprint density at radius 3 is 2.14 bits per heavy atom. The lowest BCUT2D eigenvalue weighted by Gasteiger charge is -2.22. The van der Waals surface area contributed by atoms with E-state index in [9.17, 15) is 25.9 Å². The van der Waals surface area contributed by atoms with Crippen LogP contribution in [-0.2, 0) is 20.4 Å². The van der Waals surface area contributed by atoms with E-state index in [-0.39, 0.29) is 26.1 Å². The molecule has 0 aliphatic carbocycles. The number of anilines is 2. The Hall–Kier alpha value is -2.29. The van der Waals surface area contributed by atoms with E-state index < -0.39 is 31.3 Å². The largest absolute Gasteiger partial charge is 0.377 e. The Labute approximate surface area is 168 Å². The van der Waals surface area contributed by atoms with Gasteiger partial charge < -0.3 is 0 Å². The third-order valence-corrected chi connectivity index (χ3v) is 5.30. The van der Waals surface area contributed by atoms with Crippen molar-refractivity contribution in [3.8, 4) is 0 Å². The fourth-order valence-electron chi connectivity index (χ4n) is 2.28. The van der Waals surface area contributed by atoms with Crippen molar-refractivity contribution >= 4 is 66.0 Å². The molecule has 2 aromatic carbocycles. The maximum absolute atomic E-state index is 11.9. The van der Waals surface area contributed by atoms with Crippen molar-refractivity contribution in [2.75, 3.05) is 9.84 Å². The first-order chi connectivity index (χ1) is 12.9. The molecule has 0 radical (unpaired) electrons. The molecule has 3 N–H and O–H groups in total. The van der Waals surface area contributed by atoms with Gasteiger partial charge in [-0.1, -0.05) is 18.2 Å². The number of hydrazine groups is 1. The standard InChI is InChI=1S/C13H9Cl2N5O6S2/c14-11-16-12(15)18-13(17-11)19-20(28(24,25)26)10-3-1-2-7-4-5-8(6-9(7)10)27(21,22)23/h1-6H,(H,21,22,23)(H,24,25,26)(H,16,17,18,19). The first-order valence-corrected chi connectivity index (χ1v) is 10.7. The van der Waals surface area contributed by atoms with E-state index in [1.165, 1.54) is 18.2 Å². The van der Waals surface area contributed by atoms with Crippen LogP contribution in [0.15, 0.2) is 41.3 Å². The van der Waals surface area contributed by atoms with Gasteiger partial charge in [-0.2, -0.15) is 36.2 Å². The molecular formula is C13H9Cl2N5O6S2. The van der Waals surface area contributed by atoms with Gasteiger partial charge in [-0.3, -0.25) is 9.11 Å². The third kappa shape index (κ3) is 4.40. The van der Waals surface area contributed by atoms with Crippen molar-refractivity contribution in [3.05, 3.63) is 47.0 Å². The van der Waals surface area contributed by atoms with Crippen LogP contribution in [0, 0.1) is 0 Å². The quantitative estimate of drug-likeness (QED) is 0.375. The van der Waals surface area contributed by atoms with Crippen LogP contribution in [0.5, 0.6) is 0 Å². The van der Waals surface area contributed by atoms with E-state index in [0.29, 0.717) is 5.39 Å². The number of rotatable bonds is 5. The van der Waals surface area contributed by atoms with Gasteiger partial charge >= 0.3 is 10.3 Å². The fraction of sp³-hybridized carbons (Fsp3) is 0. The molecular weight excluding hydrogens is 457 g/mol. The summed E-state index contributed by atoms with van der Waals surface area (Å²) in [7, 11) is -9.52. The lowest BCUT2D eigenvalue weighted by molar-refractivity contribution is 0.480. The van der Waals surface area contributed by atoms with Gasteiger partial charge in [0.2, 0.25) is 16.5 Å². The number of hydrogen-bond donors (Lipinski definition) is 3. The summed E-state index contributed by atoms with van der Waals surface area (Å²) in [5.41, 5.74) is 2.02. The van der Waals surface area contributed by atoms with Gasteiger partial charge in [-0.05, 0) is 46.8 Å². The molecule has 148 valence electrons. The van der Waals surface area contributed by atoms with Crippen LogP contribution in [0.3, 0.4) is 0 Å². The van der Waals surface area contributed by atoms with E-state index in [0.717, 1.165) is 12.1 Å². The van der Waals surface area contributed by atoms with Gasteiger partial charge in [0.1, 0.15) is 0 Å². The van der Waals surface area contributed by atoms with Gasteiger partial charge in [0.15, 0.2) is 0 Å². The number of fused-ring (bicyclic) bond motifs is 1. The maximum atomic E-state index is 11.9. The van der Waals surface area contributed by atoms with E-state index in [1.807, 2.05) is 0 Å². The normalized spacial score (nSPS) is 12.1. The number of halogens is 2. The summed E-state index contributed by atoms with van der Waals surface area (Å²) in [4.78, 5) is 10.3. The molecule has 0 atom stereocenters. The van der Waals surface area contributed by atoms with Gasteiger partial charge in [0.25, 0.3) is 10.1 Å². The van der Waals surface area contributed by atoms with Crippen molar-refractivity contribution in [1.29, 1.82) is 0 Å². The van der Waals surface area contributed by atoms with Crippen LogP contribution in [-0.4, -0.2) is 40.9 Å². The second kappa shape index (κ2) is 7.27. The molecule has 0 aliphatic heterocycles. The summed E-state index contributed by atoms with van der Waals surface area (Å²) in [6.45, 7) is 0. The maximum Gasteiger partial charge on any atom is 0.377 e. The monoisotopic (exact) mass is 465 g/mol. The lowest BCUT2D eigenvalue weighted by Crippen LogP contribution is -2.36. The minimum Gasteiger partial charge on any atom is -0.282 e. The highest BCUT2D eigenvalue weighted by atomic mass is 35.5. The minimum atomic E-state index is -4.96. The topological polar surface area (TPSA) is 163 Å². The summed E-state index contributed by atoms with van der Waals surface area (Å²) in [5, 5.41) is -0.213. The number of benzene rings is 2. The molecule has 28 heavy (non-hydrogen) atoms. The summed E-state index contributed by atoms with van der Waals surface area (Å²) in [6.07, 6.45) is 0. The van der Waals surface area contributed by atoms with E-state index in [2.05, 4.69) is 20.4 Å². The molecule has 0 fully saturated rings. The average Bonchev–Trinajstić information content (AvgIpc) is 2.56. The highest BCUT2D eigenvalue weighted by Crippen LogP contribution is 2.30. The predicted octanol–water partition coefficient (Wildman–Crippen LogP) is 2.21. The molecule has 15 heteroatoms. The Morgan fingerprint density at radius 2 is 1.57 bits per heavy atom. The molecule has 0 spiro atoms. The van der Waals surface area contributed by atoms with Crippen LogP contribution in [0.4, 0.5) is 11.6 Å². The fourth-order valence-corrected chi connectivity index (χ4v) is 3.76. The summed E-state index contributed by atoms with van der Waals surface area (Å²) >= 11 is 11.3. The van der Waals surface area contributed by atoms with Crippen molar-refractivity contribution in [2.24, 2.45) is 0 Å². The van der Waals surface area contributed by atoms with Crippen molar-refractivity contribution in [1.82, 2.24) is 15.0 Å². The van der Waals surface area contributed by atoms with Crippen LogP contribution in [0.1, 0.15) is 0 Å². The molecule has 0 amide bonds. The average molecular weight is 466 g/mol. The smallest absolute Gasteiger partial charge is 0.282 e.